The molecule has 1 aliphatic rings. The second-order valence-corrected chi connectivity index (χ2v) is 7.72. The Morgan fingerprint density at radius 3 is 2.74 bits per heavy atom. The van der Waals surface area contributed by atoms with E-state index in [0.717, 1.165) is 24.5 Å². The number of nitrogens with zero attached hydrogens (tertiary/aromatic N) is 3. The fourth-order valence-corrected chi connectivity index (χ4v) is 3.50. The standard InChI is InChI=1S/C20H27ClN4O2/c1-14(2)20-23-19(27-24-20)8-6-7-18(26)22-15-9-10-17(16(21)13-15)25-11-4-3-5-12-25/h9-10,13-14H,3-8,11-12H2,1-2H3,(H,22,26). The number of piperidine rings is 1. The second kappa shape index (κ2) is 9.22. The molecule has 1 fully saturated rings. The second-order valence-electron chi connectivity index (χ2n) is 7.32. The van der Waals surface area contributed by atoms with E-state index < -0.39 is 0 Å². The van der Waals surface area contributed by atoms with Crippen molar-refractivity contribution in [2.75, 3.05) is 23.3 Å². The molecule has 1 N–H and O–H groups in total. The van der Waals surface area contributed by atoms with Crippen LogP contribution in [-0.2, 0) is 11.2 Å². The molecule has 0 unspecified atom stereocenters. The highest BCUT2D eigenvalue weighted by Gasteiger charge is 2.15. The van der Waals surface area contributed by atoms with Crippen molar-refractivity contribution in [1.29, 1.82) is 0 Å². The number of benzene rings is 1. The van der Waals surface area contributed by atoms with Crippen LogP contribution in [0.5, 0.6) is 0 Å². The Kier molecular flexibility index (Phi) is 6.72. The van der Waals surface area contributed by atoms with Gasteiger partial charge in [0.05, 0.1) is 10.7 Å². The highest BCUT2D eigenvalue weighted by atomic mass is 35.5. The quantitative estimate of drug-likeness (QED) is 0.735. The Hall–Kier alpha value is -2.08. The minimum atomic E-state index is -0.0413. The van der Waals surface area contributed by atoms with Crippen molar-refractivity contribution in [3.8, 4) is 0 Å². The predicted molar refractivity (Wildman–Crippen MR) is 107 cm³/mol. The molecule has 7 heteroatoms. The van der Waals surface area contributed by atoms with Gasteiger partial charge in [-0.25, -0.2) is 0 Å². The molecular formula is C20H27ClN4O2. The number of nitrogens with one attached hydrogen (secondary N) is 1. The lowest BCUT2D eigenvalue weighted by Gasteiger charge is -2.29. The first-order valence-electron chi connectivity index (χ1n) is 9.70. The normalized spacial score (nSPS) is 14.6. The average molecular weight is 391 g/mol. The van der Waals surface area contributed by atoms with Crippen LogP contribution >= 0.6 is 11.6 Å². The number of anilines is 2. The summed E-state index contributed by atoms with van der Waals surface area (Å²) in [5.74, 6) is 1.49. The maximum atomic E-state index is 12.2. The monoisotopic (exact) mass is 390 g/mol. The summed E-state index contributed by atoms with van der Waals surface area (Å²) in [6.45, 7) is 6.12. The number of carbonyl (C=O) groups is 1. The molecule has 1 aliphatic heterocycles. The van der Waals surface area contributed by atoms with Crippen LogP contribution in [0.2, 0.25) is 5.02 Å². The molecule has 2 heterocycles. The third-order valence-corrected chi connectivity index (χ3v) is 5.03. The van der Waals surface area contributed by atoms with Gasteiger partial charge < -0.3 is 14.7 Å². The van der Waals surface area contributed by atoms with E-state index in [1.807, 2.05) is 32.0 Å². The molecule has 0 saturated carbocycles. The molecule has 3 rings (SSSR count). The van der Waals surface area contributed by atoms with Crippen molar-refractivity contribution in [1.82, 2.24) is 10.1 Å². The third-order valence-electron chi connectivity index (χ3n) is 4.72. The highest BCUT2D eigenvalue weighted by Crippen LogP contribution is 2.30. The predicted octanol–water partition coefficient (Wildman–Crippen LogP) is 4.80. The van der Waals surface area contributed by atoms with Crippen LogP contribution in [-0.4, -0.2) is 29.1 Å². The Bertz CT molecular complexity index is 769. The largest absolute Gasteiger partial charge is 0.370 e. The van der Waals surface area contributed by atoms with Gasteiger partial charge in [0, 0.05) is 37.5 Å². The molecule has 0 radical (unpaired) electrons. The van der Waals surface area contributed by atoms with Gasteiger partial charge in [-0.3, -0.25) is 4.79 Å². The van der Waals surface area contributed by atoms with Gasteiger partial charge in [0.2, 0.25) is 11.8 Å². The summed E-state index contributed by atoms with van der Waals surface area (Å²) in [5.41, 5.74) is 1.78. The van der Waals surface area contributed by atoms with E-state index in [2.05, 4.69) is 20.4 Å². The van der Waals surface area contributed by atoms with Gasteiger partial charge in [0.15, 0.2) is 5.82 Å². The number of carbonyl (C=O) groups excluding carboxylic acids is 1. The number of aromatic nitrogens is 2. The Morgan fingerprint density at radius 1 is 1.30 bits per heavy atom. The summed E-state index contributed by atoms with van der Waals surface area (Å²) >= 11 is 6.44. The summed E-state index contributed by atoms with van der Waals surface area (Å²) < 4.78 is 5.20. The van der Waals surface area contributed by atoms with E-state index in [-0.39, 0.29) is 11.8 Å². The summed E-state index contributed by atoms with van der Waals surface area (Å²) in [6.07, 6.45) is 5.34. The van der Waals surface area contributed by atoms with E-state index in [9.17, 15) is 4.79 Å². The van der Waals surface area contributed by atoms with Crippen LogP contribution in [0.15, 0.2) is 22.7 Å². The van der Waals surface area contributed by atoms with Gasteiger partial charge in [-0.05, 0) is 43.9 Å². The minimum absolute atomic E-state index is 0.0413. The Morgan fingerprint density at radius 2 is 2.07 bits per heavy atom. The lowest BCUT2D eigenvalue weighted by molar-refractivity contribution is -0.116. The van der Waals surface area contributed by atoms with Crippen molar-refractivity contribution in [3.05, 3.63) is 34.9 Å². The van der Waals surface area contributed by atoms with E-state index in [1.165, 1.54) is 19.3 Å². The lowest BCUT2D eigenvalue weighted by Crippen LogP contribution is -2.29. The van der Waals surface area contributed by atoms with Crippen LogP contribution in [0.1, 0.15) is 63.6 Å². The number of halogens is 1. The van der Waals surface area contributed by atoms with Gasteiger partial charge >= 0.3 is 0 Å². The maximum Gasteiger partial charge on any atom is 0.226 e. The van der Waals surface area contributed by atoms with Crippen LogP contribution in [0.4, 0.5) is 11.4 Å². The zero-order valence-corrected chi connectivity index (χ0v) is 16.8. The van der Waals surface area contributed by atoms with E-state index in [4.69, 9.17) is 16.1 Å². The number of amides is 1. The first kappa shape index (κ1) is 19.7. The number of aryl methyl sites for hydroxylation is 1. The van der Waals surface area contributed by atoms with Gasteiger partial charge in [-0.2, -0.15) is 4.98 Å². The molecule has 0 spiro atoms. The minimum Gasteiger partial charge on any atom is -0.370 e. The van der Waals surface area contributed by atoms with Crippen molar-refractivity contribution < 1.29 is 9.32 Å². The molecule has 6 nitrogen and oxygen atoms in total. The molecule has 1 aromatic heterocycles. The number of hydrogen-bond donors (Lipinski definition) is 1. The SMILES string of the molecule is CC(C)c1noc(CCCC(=O)Nc2ccc(N3CCCCC3)c(Cl)c2)n1. The third kappa shape index (κ3) is 5.45. The van der Waals surface area contributed by atoms with Crippen LogP contribution in [0.3, 0.4) is 0 Å². The zero-order valence-electron chi connectivity index (χ0n) is 16.0. The van der Waals surface area contributed by atoms with Crippen LogP contribution < -0.4 is 10.2 Å². The lowest BCUT2D eigenvalue weighted by atomic mass is 10.1. The van der Waals surface area contributed by atoms with Crippen LogP contribution in [0, 0.1) is 0 Å². The maximum absolute atomic E-state index is 12.2. The number of hydrogen-bond acceptors (Lipinski definition) is 5. The molecule has 2 aromatic rings. The molecular weight excluding hydrogens is 364 g/mol. The summed E-state index contributed by atoms with van der Waals surface area (Å²) in [6, 6.07) is 5.74. The van der Waals surface area contributed by atoms with Crippen LogP contribution in [0.25, 0.3) is 0 Å². The fourth-order valence-electron chi connectivity index (χ4n) is 3.20. The fraction of sp³-hybridized carbons (Fsp3) is 0.550. The van der Waals surface area contributed by atoms with Gasteiger partial charge in [-0.1, -0.05) is 30.6 Å². The molecule has 0 aliphatic carbocycles. The summed E-state index contributed by atoms with van der Waals surface area (Å²) in [4.78, 5) is 18.8. The topological polar surface area (TPSA) is 71.3 Å². The van der Waals surface area contributed by atoms with Gasteiger partial charge in [0.25, 0.3) is 0 Å². The van der Waals surface area contributed by atoms with Gasteiger partial charge in [-0.15, -0.1) is 0 Å². The van der Waals surface area contributed by atoms with Crippen molar-refractivity contribution in [2.24, 2.45) is 0 Å². The molecule has 1 amide bonds. The van der Waals surface area contributed by atoms with Gasteiger partial charge in [0.1, 0.15) is 0 Å². The molecule has 146 valence electrons. The van der Waals surface area contributed by atoms with Crippen molar-refractivity contribution >= 4 is 28.9 Å². The van der Waals surface area contributed by atoms with E-state index >= 15 is 0 Å². The zero-order chi connectivity index (χ0) is 19.2. The van der Waals surface area contributed by atoms with Crippen molar-refractivity contribution in [3.63, 3.8) is 0 Å². The molecule has 1 saturated heterocycles. The summed E-state index contributed by atoms with van der Waals surface area (Å²) in [5, 5.41) is 7.53. The molecule has 1 aromatic carbocycles. The average Bonchev–Trinajstić information content (AvgIpc) is 3.12. The Labute approximate surface area is 165 Å². The highest BCUT2D eigenvalue weighted by molar-refractivity contribution is 6.33. The summed E-state index contributed by atoms with van der Waals surface area (Å²) in [7, 11) is 0. The van der Waals surface area contributed by atoms with E-state index in [1.54, 1.807) is 0 Å². The van der Waals surface area contributed by atoms with Crippen molar-refractivity contribution in [2.45, 2.75) is 58.3 Å². The first-order chi connectivity index (χ1) is 13.0. The van der Waals surface area contributed by atoms with E-state index in [0.29, 0.717) is 36.0 Å². The first-order valence-corrected chi connectivity index (χ1v) is 10.1. The number of rotatable bonds is 7. The molecule has 0 bridgehead atoms. The molecule has 27 heavy (non-hydrogen) atoms. The Balaban J connectivity index is 1.47. The molecule has 0 atom stereocenters. The smallest absolute Gasteiger partial charge is 0.226 e.